The van der Waals surface area contributed by atoms with Crippen molar-refractivity contribution in [3.05, 3.63) is 48.0 Å². The van der Waals surface area contributed by atoms with Crippen molar-refractivity contribution in [2.24, 2.45) is 0 Å². The van der Waals surface area contributed by atoms with Crippen molar-refractivity contribution in [3.8, 4) is 11.8 Å². The fourth-order valence-corrected chi connectivity index (χ4v) is 2.50. The van der Waals surface area contributed by atoms with E-state index in [1.54, 1.807) is 19.5 Å². The van der Waals surface area contributed by atoms with E-state index in [0.717, 1.165) is 31.6 Å². The van der Waals surface area contributed by atoms with Crippen molar-refractivity contribution < 1.29 is 13.9 Å². The molecule has 2 heterocycles. The molecule has 1 unspecified atom stereocenters. The van der Waals surface area contributed by atoms with Crippen molar-refractivity contribution in [1.82, 2.24) is 14.9 Å². The molecule has 1 atom stereocenters. The summed E-state index contributed by atoms with van der Waals surface area (Å²) in [7, 11) is 1.57. The first-order valence-electron chi connectivity index (χ1n) is 7.22. The van der Waals surface area contributed by atoms with E-state index in [1.807, 2.05) is 12.1 Å². The van der Waals surface area contributed by atoms with E-state index in [2.05, 4.69) is 14.9 Å². The minimum atomic E-state index is -0.206. The van der Waals surface area contributed by atoms with Crippen molar-refractivity contribution in [3.63, 3.8) is 0 Å². The number of benzene rings is 1. The zero-order valence-corrected chi connectivity index (χ0v) is 12.4. The first-order valence-corrected chi connectivity index (χ1v) is 7.22. The van der Waals surface area contributed by atoms with Gasteiger partial charge in [-0.15, -0.1) is 0 Å². The largest absolute Gasteiger partial charge is 0.494 e. The van der Waals surface area contributed by atoms with E-state index >= 15 is 0 Å². The molecule has 0 aliphatic carbocycles. The lowest BCUT2D eigenvalue weighted by Crippen LogP contribution is -2.25. The summed E-state index contributed by atoms with van der Waals surface area (Å²) >= 11 is 0. The zero-order chi connectivity index (χ0) is 15.4. The Kier molecular flexibility index (Phi) is 4.48. The molecular weight excluding hydrogens is 285 g/mol. The summed E-state index contributed by atoms with van der Waals surface area (Å²) in [5, 5.41) is 0. The molecule has 1 saturated heterocycles. The molecule has 22 heavy (non-hydrogen) atoms. The second-order valence-electron chi connectivity index (χ2n) is 5.30. The molecule has 5 nitrogen and oxygen atoms in total. The van der Waals surface area contributed by atoms with Gasteiger partial charge in [0.15, 0.2) is 5.75 Å². The minimum absolute atomic E-state index is 0.0776. The van der Waals surface area contributed by atoms with Gasteiger partial charge < -0.3 is 9.47 Å². The number of methoxy groups -OCH3 is 1. The van der Waals surface area contributed by atoms with E-state index in [-0.39, 0.29) is 11.9 Å². The zero-order valence-electron chi connectivity index (χ0n) is 12.4. The van der Waals surface area contributed by atoms with Crippen LogP contribution in [0.15, 0.2) is 36.7 Å². The van der Waals surface area contributed by atoms with E-state index in [9.17, 15) is 4.39 Å². The van der Waals surface area contributed by atoms with Crippen LogP contribution >= 0.6 is 0 Å². The van der Waals surface area contributed by atoms with Crippen molar-refractivity contribution in [2.45, 2.75) is 19.1 Å². The Bertz CT molecular complexity index is 604. The summed E-state index contributed by atoms with van der Waals surface area (Å²) in [6.07, 6.45) is 4.19. The van der Waals surface area contributed by atoms with Crippen LogP contribution in [-0.4, -0.2) is 41.2 Å². The number of hydrogen-bond acceptors (Lipinski definition) is 5. The Morgan fingerprint density at radius 1 is 1.23 bits per heavy atom. The van der Waals surface area contributed by atoms with E-state index in [1.165, 1.54) is 12.1 Å². The first kappa shape index (κ1) is 14.7. The topological polar surface area (TPSA) is 47.5 Å². The average molecular weight is 303 g/mol. The third-order valence-electron chi connectivity index (χ3n) is 3.66. The second-order valence-corrected chi connectivity index (χ2v) is 5.30. The van der Waals surface area contributed by atoms with Gasteiger partial charge in [0.05, 0.1) is 19.5 Å². The molecule has 0 radical (unpaired) electrons. The summed E-state index contributed by atoms with van der Waals surface area (Å²) in [5.74, 6) is 0.403. The van der Waals surface area contributed by atoms with Gasteiger partial charge in [-0.1, -0.05) is 12.1 Å². The van der Waals surface area contributed by atoms with Gasteiger partial charge in [0.25, 0.3) is 0 Å². The maximum Gasteiger partial charge on any atom is 0.316 e. The van der Waals surface area contributed by atoms with Crippen LogP contribution in [0.4, 0.5) is 4.39 Å². The lowest BCUT2D eigenvalue weighted by Gasteiger charge is -2.16. The quantitative estimate of drug-likeness (QED) is 0.848. The third kappa shape index (κ3) is 3.71. The number of halogens is 1. The summed E-state index contributed by atoms with van der Waals surface area (Å²) < 4.78 is 23.7. The number of rotatable bonds is 5. The Balaban J connectivity index is 1.52. The molecule has 116 valence electrons. The molecule has 0 spiro atoms. The normalized spacial score (nSPS) is 18.4. The summed E-state index contributed by atoms with van der Waals surface area (Å²) in [6.45, 7) is 2.55. The van der Waals surface area contributed by atoms with Crippen molar-refractivity contribution in [2.75, 3.05) is 20.2 Å². The number of nitrogens with zero attached hydrogens (tertiary/aromatic N) is 3. The number of aromatic nitrogens is 2. The van der Waals surface area contributed by atoms with Gasteiger partial charge in [-0.2, -0.15) is 9.97 Å². The van der Waals surface area contributed by atoms with Crippen LogP contribution in [0, 0.1) is 5.82 Å². The minimum Gasteiger partial charge on any atom is -0.494 e. The fourth-order valence-electron chi connectivity index (χ4n) is 2.50. The summed E-state index contributed by atoms with van der Waals surface area (Å²) in [6, 6.07) is 6.98. The van der Waals surface area contributed by atoms with Crippen molar-refractivity contribution >= 4 is 0 Å². The van der Waals surface area contributed by atoms with Crippen molar-refractivity contribution in [1.29, 1.82) is 0 Å². The molecule has 2 aromatic rings. The van der Waals surface area contributed by atoms with Gasteiger partial charge >= 0.3 is 6.01 Å². The lowest BCUT2D eigenvalue weighted by atomic mass is 10.2. The highest BCUT2D eigenvalue weighted by Gasteiger charge is 2.24. The number of hydrogen-bond donors (Lipinski definition) is 0. The average Bonchev–Trinajstić information content (AvgIpc) is 2.97. The lowest BCUT2D eigenvalue weighted by molar-refractivity contribution is 0.183. The summed E-state index contributed by atoms with van der Waals surface area (Å²) in [5.41, 5.74) is 1.10. The van der Waals surface area contributed by atoms with Crippen LogP contribution < -0.4 is 9.47 Å². The van der Waals surface area contributed by atoms with E-state index < -0.39 is 0 Å². The van der Waals surface area contributed by atoms with E-state index in [0.29, 0.717) is 11.8 Å². The molecule has 0 N–H and O–H groups in total. The molecule has 0 saturated carbocycles. The molecule has 1 aliphatic rings. The van der Waals surface area contributed by atoms with E-state index in [4.69, 9.17) is 9.47 Å². The predicted octanol–water partition coefficient (Wildman–Crippen LogP) is 2.28. The second kappa shape index (κ2) is 6.70. The van der Waals surface area contributed by atoms with Crippen LogP contribution in [0.25, 0.3) is 0 Å². The predicted molar refractivity (Wildman–Crippen MR) is 79.3 cm³/mol. The first-order chi connectivity index (χ1) is 10.7. The third-order valence-corrected chi connectivity index (χ3v) is 3.66. The van der Waals surface area contributed by atoms with Gasteiger partial charge in [-0.25, -0.2) is 4.39 Å². The Morgan fingerprint density at radius 2 is 1.95 bits per heavy atom. The molecule has 1 aromatic heterocycles. The standard InChI is InChI=1S/C16H18FN3O2/c1-21-15-8-18-16(19-9-15)22-14-6-7-20(11-14)10-12-2-4-13(17)5-3-12/h2-5,8-9,14H,6-7,10-11H2,1H3. The smallest absolute Gasteiger partial charge is 0.316 e. The molecule has 0 bridgehead atoms. The molecule has 1 aliphatic heterocycles. The molecule has 1 aromatic carbocycles. The van der Waals surface area contributed by atoms with Crippen LogP contribution in [0.3, 0.4) is 0 Å². The monoisotopic (exact) mass is 303 g/mol. The van der Waals surface area contributed by atoms with Gasteiger partial charge in [0.2, 0.25) is 0 Å². The van der Waals surface area contributed by atoms with Gasteiger partial charge in [-0.3, -0.25) is 4.90 Å². The van der Waals surface area contributed by atoms with Crippen LogP contribution in [0.5, 0.6) is 11.8 Å². The van der Waals surface area contributed by atoms with Gasteiger partial charge in [0.1, 0.15) is 11.9 Å². The Hall–Kier alpha value is -2.21. The highest BCUT2D eigenvalue weighted by atomic mass is 19.1. The molecule has 3 rings (SSSR count). The molecule has 0 amide bonds. The summed E-state index contributed by atoms with van der Waals surface area (Å²) in [4.78, 5) is 10.5. The molecule has 1 fully saturated rings. The van der Waals surface area contributed by atoms with Gasteiger partial charge in [-0.05, 0) is 24.1 Å². The fraction of sp³-hybridized carbons (Fsp3) is 0.375. The molecule has 6 heteroatoms. The Labute approximate surface area is 128 Å². The maximum atomic E-state index is 12.9. The number of ether oxygens (including phenoxy) is 2. The van der Waals surface area contributed by atoms with Gasteiger partial charge in [0, 0.05) is 19.6 Å². The SMILES string of the molecule is COc1cnc(OC2CCN(Cc3ccc(F)cc3)C2)nc1. The Morgan fingerprint density at radius 3 is 2.64 bits per heavy atom. The highest BCUT2D eigenvalue weighted by Crippen LogP contribution is 2.18. The van der Waals surface area contributed by atoms with Crippen LogP contribution in [0.1, 0.15) is 12.0 Å². The highest BCUT2D eigenvalue weighted by molar-refractivity contribution is 5.16. The maximum absolute atomic E-state index is 12.9. The van der Waals surface area contributed by atoms with Crippen LogP contribution in [-0.2, 0) is 6.54 Å². The molecular formula is C16H18FN3O2. The van der Waals surface area contributed by atoms with Crippen LogP contribution in [0.2, 0.25) is 0 Å². The number of likely N-dealkylation sites (tertiary alicyclic amines) is 1.